The first-order valence-electron chi connectivity index (χ1n) is 6.29. The number of benzene rings is 1. The van der Waals surface area contributed by atoms with Crippen LogP contribution in [0.2, 0.25) is 0 Å². The van der Waals surface area contributed by atoms with Crippen LogP contribution in [0.3, 0.4) is 0 Å². The number of nitrogens with zero attached hydrogens (tertiary/aromatic N) is 1. The van der Waals surface area contributed by atoms with Crippen molar-refractivity contribution in [2.75, 3.05) is 0 Å². The SMILES string of the molecule is CCc1ccc(C(N)c2ccc(C(F)(F)F)cn2)cc1. The second kappa shape index (κ2) is 5.63. The third-order valence-electron chi connectivity index (χ3n) is 3.18. The molecule has 1 aromatic carbocycles. The number of halogens is 3. The Balaban J connectivity index is 2.22. The number of aromatic nitrogens is 1. The number of hydrogen-bond donors (Lipinski definition) is 1. The van der Waals surface area contributed by atoms with Crippen LogP contribution < -0.4 is 5.73 Å². The molecule has 106 valence electrons. The summed E-state index contributed by atoms with van der Waals surface area (Å²) in [5.41, 5.74) is 7.68. The van der Waals surface area contributed by atoms with Crippen LogP contribution >= 0.6 is 0 Å². The number of aryl methyl sites for hydroxylation is 1. The van der Waals surface area contributed by atoms with E-state index in [1.165, 1.54) is 11.6 Å². The Morgan fingerprint density at radius 2 is 1.75 bits per heavy atom. The minimum atomic E-state index is -4.38. The first kappa shape index (κ1) is 14.5. The van der Waals surface area contributed by atoms with Gasteiger partial charge < -0.3 is 5.73 Å². The van der Waals surface area contributed by atoms with Crippen molar-refractivity contribution in [1.29, 1.82) is 0 Å². The highest BCUT2D eigenvalue weighted by molar-refractivity contribution is 5.31. The van der Waals surface area contributed by atoms with Gasteiger partial charge in [0.25, 0.3) is 0 Å². The molecule has 2 rings (SSSR count). The molecule has 0 aliphatic carbocycles. The fraction of sp³-hybridized carbons (Fsp3) is 0.267. The molecule has 1 heterocycles. The zero-order chi connectivity index (χ0) is 14.8. The first-order chi connectivity index (χ1) is 9.41. The Morgan fingerprint density at radius 3 is 2.20 bits per heavy atom. The predicted octanol–water partition coefficient (Wildman–Crippen LogP) is 3.71. The fourth-order valence-electron chi connectivity index (χ4n) is 1.89. The van der Waals surface area contributed by atoms with E-state index in [0.29, 0.717) is 5.69 Å². The van der Waals surface area contributed by atoms with E-state index in [1.54, 1.807) is 0 Å². The van der Waals surface area contributed by atoms with Crippen molar-refractivity contribution in [2.45, 2.75) is 25.6 Å². The lowest BCUT2D eigenvalue weighted by molar-refractivity contribution is -0.137. The van der Waals surface area contributed by atoms with Gasteiger partial charge in [-0.1, -0.05) is 31.2 Å². The molecule has 5 heteroatoms. The number of pyridine rings is 1. The maximum atomic E-state index is 12.5. The maximum Gasteiger partial charge on any atom is 0.417 e. The van der Waals surface area contributed by atoms with E-state index >= 15 is 0 Å². The van der Waals surface area contributed by atoms with Crippen molar-refractivity contribution >= 4 is 0 Å². The van der Waals surface area contributed by atoms with Crippen LogP contribution in [0.1, 0.15) is 35.3 Å². The van der Waals surface area contributed by atoms with E-state index in [2.05, 4.69) is 4.98 Å². The number of rotatable bonds is 3. The summed E-state index contributed by atoms with van der Waals surface area (Å²) >= 11 is 0. The Hall–Kier alpha value is -1.88. The standard InChI is InChI=1S/C15H15F3N2/c1-2-10-3-5-11(6-4-10)14(19)13-8-7-12(9-20-13)15(16,17)18/h3-9,14H,2,19H2,1H3. The third kappa shape index (κ3) is 3.17. The summed E-state index contributed by atoms with van der Waals surface area (Å²) in [6, 6.07) is 9.47. The fourth-order valence-corrected chi connectivity index (χ4v) is 1.89. The van der Waals surface area contributed by atoms with Crippen LogP contribution in [0.25, 0.3) is 0 Å². The van der Waals surface area contributed by atoms with E-state index in [4.69, 9.17) is 5.73 Å². The van der Waals surface area contributed by atoms with Gasteiger partial charge in [0.2, 0.25) is 0 Å². The molecule has 0 aliphatic rings. The molecule has 0 fully saturated rings. The van der Waals surface area contributed by atoms with Crippen LogP contribution in [-0.4, -0.2) is 4.98 Å². The quantitative estimate of drug-likeness (QED) is 0.930. The summed E-state index contributed by atoms with van der Waals surface area (Å²) in [6.45, 7) is 2.05. The molecule has 2 N–H and O–H groups in total. The highest BCUT2D eigenvalue weighted by Crippen LogP contribution is 2.29. The maximum absolute atomic E-state index is 12.5. The van der Waals surface area contributed by atoms with E-state index in [-0.39, 0.29) is 0 Å². The van der Waals surface area contributed by atoms with Gasteiger partial charge in [0.15, 0.2) is 0 Å². The molecule has 0 saturated carbocycles. The zero-order valence-electron chi connectivity index (χ0n) is 11.0. The smallest absolute Gasteiger partial charge is 0.319 e. The number of hydrogen-bond acceptors (Lipinski definition) is 2. The summed E-state index contributed by atoms with van der Waals surface area (Å²) in [6.07, 6.45) is -2.64. The monoisotopic (exact) mass is 280 g/mol. The molecule has 1 unspecified atom stereocenters. The molecule has 0 bridgehead atoms. The average Bonchev–Trinajstić information content (AvgIpc) is 2.46. The van der Waals surface area contributed by atoms with E-state index in [1.807, 2.05) is 31.2 Å². The highest BCUT2D eigenvalue weighted by atomic mass is 19.4. The normalized spacial score (nSPS) is 13.2. The summed E-state index contributed by atoms with van der Waals surface area (Å²) in [4.78, 5) is 3.82. The van der Waals surface area contributed by atoms with E-state index in [0.717, 1.165) is 24.2 Å². The van der Waals surface area contributed by atoms with Gasteiger partial charge in [-0.3, -0.25) is 4.98 Å². The largest absolute Gasteiger partial charge is 0.417 e. The predicted molar refractivity (Wildman–Crippen MR) is 71.1 cm³/mol. The summed E-state index contributed by atoms with van der Waals surface area (Å²) in [5, 5.41) is 0. The van der Waals surface area contributed by atoms with E-state index < -0.39 is 17.8 Å². The summed E-state index contributed by atoms with van der Waals surface area (Å²) in [7, 11) is 0. The van der Waals surface area contributed by atoms with Crippen molar-refractivity contribution in [3.63, 3.8) is 0 Å². The Bertz CT molecular complexity index is 559. The van der Waals surface area contributed by atoms with Crippen LogP contribution in [-0.2, 0) is 12.6 Å². The number of alkyl halides is 3. The van der Waals surface area contributed by atoms with Gasteiger partial charge in [0.05, 0.1) is 17.3 Å². The van der Waals surface area contributed by atoms with Gasteiger partial charge in [-0.05, 0) is 29.7 Å². The highest BCUT2D eigenvalue weighted by Gasteiger charge is 2.30. The van der Waals surface area contributed by atoms with Crippen LogP contribution in [0.4, 0.5) is 13.2 Å². The summed E-state index contributed by atoms with van der Waals surface area (Å²) < 4.78 is 37.4. The van der Waals surface area contributed by atoms with Crippen molar-refractivity contribution < 1.29 is 13.2 Å². The van der Waals surface area contributed by atoms with Crippen molar-refractivity contribution in [2.24, 2.45) is 5.73 Å². The average molecular weight is 280 g/mol. The first-order valence-corrected chi connectivity index (χ1v) is 6.29. The molecule has 0 amide bonds. The van der Waals surface area contributed by atoms with Gasteiger partial charge in [0, 0.05) is 6.20 Å². The molecule has 0 aliphatic heterocycles. The Morgan fingerprint density at radius 1 is 1.10 bits per heavy atom. The van der Waals surface area contributed by atoms with Gasteiger partial charge in [-0.2, -0.15) is 13.2 Å². The lowest BCUT2D eigenvalue weighted by Gasteiger charge is -2.13. The second-order valence-corrected chi connectivity index (χ2v) is 4.54. The van der Waals surface area contributed by atoms with Gasteiger partial charge in [-0.25, -0.2) is 0 Å². The minimum absolute atomic E-state index is 0.419. The molecular formula is C15H15F3N2. The minimum Gasteiger partial charge on any atom is -0.319 e. The van der Waals surface area contributed by atoms with Crippen molar-refractivity contribution in [1.82, 2.24) is 4.98 Å². The molecule has 20 heavy (non-hydrogen) atoms. The molecule has 2 aromatic rings. The Labute approximate surface area is 115 Å². The molecule has 1 atom stereocenters. The van der Waals surface area contributed by atoms with Gasteiger partial charge in [0.1, 0.15) is 0 Å². The van der Waals surface area contributed by atoms with E-state index in [9.17, 15) is 13.2 Å². The molecule has 0 radical (unpaired) electrons. The van der Waals surface area contributed by atoms with Crippen molar-refractivity contribution in [3.8, 4) is 0 Å². The van der Waals surface area contributed by atoms with Gasteiger partial charge >= 0.3 is 6.18 Å². The summed E-state index contributed by atoms with van der Waals surface area (Å²) in [5.74, 6) is 0. The Kier molecular flexibility index (Phi) is 4.09. The van der Waals surface area contributed by atoms with Crippen LogP contribution in [0.15, 0.2) is 42.6 Å². The number of nitrogens with two attached hydrogens (primary N) is 1. The lowest BCUT2D eigenvalue weighted by atomic mass is 10.0. The van der Waals surface area contributed by atoms with Crippen molar-refractivity contribution in [3.05, 3.63) is 65.0 Å². The zero-order valence-corrected chi connectivity index (χ0v) is 11.0. The third-order valence-corrected chi connectivity index (χ3v) is 3.18. The molecular weight excluding hydrogens is 265 g/mol. The van der Waals surface area contributed by atoms with Crippen LogP contribution in [0.5, 0.6) is 0 Å². The topological polar surface area (TPSA) is 38.9 Å². The molecule has 1 aromatic heterocycles. The van der Waals surface area contributed by atoms with Crippen LogP contribution in [0, 0.1) is 0 Å². The molecule has 0 spiro atoms. The second-order valence-electron chi connectivity index (χ2n) is 4.54. The molecule has 2 nitrogen and oxygen atoms in total. The van der Waals surface area contributed by atoms with Gasteiger partial charge in [-0.15, -0.1) is 0 Å². The molecule has 0 saturated heterocycles. The lowest BCUT2D eigenvalue weighted by Crippen LogP contribution is -2.14.